The molecule has 0 spiro atoms. The largest absolute Gasteiger partial charge is 0.396 e. The maximum Gasteiger partial charge on any atom is 0.0461 e. The highest BCUT2D eigenvalue weighted by atomic mass is 16.3. The molecule has 2 saturated carbocycles. The van der Waals surface area contributed by atoms with Crippen LogP contribution in [0.2, 0.25) is 0 Å². The first-order chi connectivity index (χ1) is 4.90. The molecule has 2 fully saturated rings. The quantitative estimate of drug-likeness (QED) is 0.589. The van der Waals surface area contributed by atoms with Crippen LogP contribution in [0.4, 0.5) is 0 Å². The zero-order valence-electron chi connectivity index (χ0n) is 6.42. The number of rotatable bonds is 1. The molecule has 1 N–H and O–H groups in total. The van der Waals surface area contributed by atoms with Gasteiger partial charge in [-0.05, 0) is 37.0 Å². The second kappa shape index (κ2) is 2.54. The van der Waals surface area contributed by atoms with Crippen molar-refractivity contribution in [3.05, 3.63) is 0 Å². The highest BCUT2D eigenvalue weighted by Gasteiger charge is 2.34. The van der Waals surface area contributed by atoms with Gasteiger partial charge in [-0.1, -0.05) is 12.8 Å². The minimum Gasteiger partial charge on any atom is -0.396 e. The lowest BCUT2D eigenvalue weighted by Gasteiger charge is -2.26. The molecule has 0 aromatic carbocycles. The van der Waals surface area contributed by atoms with Crippen LogP contribution in [-0.2, 0) is 0 Å². The minimum atomic E-state index is 0.442. The Balaban J connectivity index is 2.00. The summed E-state index contributed by atoms with van der Waals surface area (Å²) in [5.41, 5.74) is 0. The third-order valence-electron chi connectivity index (χ3n) is 3.43. The molecule has 2 rings (SSSR count). The molecule has 2 aliphatic rings. The van der Waals surface area contributed by atoms with Crippen LogP contribution < -0.4 is 0 Å². The standard InChI is InChI=1S/C9H16O/c10-6-9-4-2-7-1-3-8(9)5-7/h7-10H,1-6H2. The summed E-state index contributed by atoms with van der Waals surface area (Å²) in [4.78, 5) is 0. The van der Waals surface area contributed by atoms with Gasteiger partial charge in [0.1, 0.15) is 0 Å². The van der Waals surface area contributed by atoms with Crippen LogP contribution in [-0.4, -0.2) is 11.7 Å². The SMILES string of the molecule is OCC1CCC2CCC1C2. The van der Waals surface area contributed by atoms with Crippen LogP contribution in [0.15, 0.2) is 0 Å². The predicted octanol–water partition coefficient (Wildman–Crippen LogP) is 1.80. The monoisotopic (exact) mass is 140 g/mol. The third-order valence-corrected chi connectivity index (χ3v) is 3.43. The van der Waals surface area contributed by atoms with E-state index in [0.29, 0.717) is 12.5 Å². The average Bonchev–Trinajstić information content (AvgIpc) is 2.34. The van der Waals surface area contributed by atoms with Crippen molar-refractivity contribution >= 4 is 0 Å². The Morgan fingerprint density at radius 1 is 1.10 bits per heavy atom. The van der Waals surface area contributed by atoms with Crippen molar-refractivity contribution in [2.45, 2.75) is 32.1 Å². The van der Waals surface area contributed by atoms with Crippen molar-refractivity contribution in [3.8, 4) is 0 Å². The summed E-state index contributed by atoms with van der Waals surface area (Å²) in [7, 11) is 0. The van der Waals surface area contributed by atoms with Crippen LogP contribution in [0.25, 0.3) is 0 Å². The van der Waals surface area contributed by atoms with Crippen LogP contribution >= 0.6 is 0 Å². The molecule has 2 aliphatic carbocycles. The van der Waals surface area contributed by atoms with Gasteiger partial charge in [-0.25, -0.2) is 0 Å². The summed E-state index contributed by atoms with van der Waals surface area (Å²) in [6.07, 6.45) is 6.95. The van der Waals surface area contributed by atoms with Crippen LogP contribution in [0.3, 0.4) is 0 Å². The van der Waals surface area contributed by atoms with Gasteiger partial charge in [-0.15, -0.1) is 0 Å². The molecule has 58 valence electrons. The number of aliphatic hydroxyl groups excluding tert-OH is 1. The van der Waals surface area contributed by atoms with E-state index in [9.17, 15) is 0 Å². The van der Waals surface area contributed by atoms with Crippen molar-refractivity contribution in [2.75, 3.05) is 6.61 Å². The Morgan fingerprint density at radius 2 is 1.90 bits per heavy atom. The summed E-state index contributed by atoms with van der Waals surface area (Å²) in [5.74, 6) is 2.59. The molecule has 1 heteroatoms. The Morgan fingerprint density at radius 3 is 2.70 bits per heavy atom. The molecule has 0 saturated heterocycles. The first kappa shape index (κ1) is 6.66. The molecule has 3 unspecified atom stereocenters. The van der Waals surface area contributed by atoms with Crippen LogP contribution in [0.1, 0.15) is 32.1 Å². The normalized spacial score (nSPS) is 45.9. The van der Waals surface area contributed by atoms with E-state index in [1.54, 1.807) is 0 Å². The molecule has 1 nitrogen and oxygen atoms in total. The van der Waals surface area contributed by atoms with E-state index in [-0.39, 0.29) is 0 Å². The first-order valence-electron chi connectivity index (χ1n) is 4.51. The van der Waals surface area contributed by atoms with E-state index in [0.717, 1.165) is 11.8 Å². The molecule has 0 aromatic heterocycles. The summed E-state index contributed by atoms with van der Waals surface area (Å²) in [6, 6.07) is 0. The van der Waals surface area contributed by atoms with Gasteiger partial charge in [0.05, 0.1) is 0 Å². The van der Waals surface area contributed by atoms with Crippen molar-refractivity contribution in [2.24, 2.45) is 17.8 Å². The summed E-state index contributed by atoms with van der Waals surface area (Å²) < 4.78 is 0. The van der Waals surface area contributed by atoms with Gasteiger partial charge in [0, 0.05) is 6.61 Å². The first-order valence-corrected chi connectivity index (χ1v) is 4.51. The molecular formula is C9H16O. The topological polar surface area (TPSA) is 20.2 Å². The highest BCUT2D eigenvalue weighted by molar-refractivity contribution is 4.85. The summed E-state index contributed by atoms with van der Waals surface area (Å²) in [6.45, 7) is 0.442. The molecule has 3 atom stereocenters. The van der Waals surface area contributed by atoms with E-state index in [1.165, 1.54) is 32.1 Å². The smallest absolute Gasteiger partial charge is 0.0461 e. The summed E-state index contributed by atoms with van der Waals surface area (Å²) in [5, 5.41) is 9.01. The molecule has 0 aliphatic heterocycles. The van der Waals surface area contributed by atoms with Crippen molar-refractivity contribution in [3.63, 3.8) is 0 Å². The second-order valence-electron chi connectivity index (χ2n) is 3.96. The van der Waals surface area contributed by atoms with Crippen LogP contribution in [0, 0.1) is 17.8 Å². The van der Waals surface area contributed by atoms with E-state index in [4.69, 9.17) is 5.11 Å². The van der Waals surface area contributed by atoms with Gasteiger partial charge in [0.25, 0.3) is 0 Å². The second-order valence-corrected chi connectivity index (χ2v) is 3.96. The van der Waals surface area contributed by atoms with E-state index in [2.05, 4.69) is 0 Å². The lowest BCUT2D eigenvalue weighted by molar-refractivity contribution is 0.141. The number of hydrogen-bond acceptors (Lipinski definition) is 1. The van der Waals surface area contributed by atoms with Gasteiger partial charge in [-0.3, -0.25) is 0 Å². The fourth-order valence-electron chi connectivity index (χ4n) is 2.73. The zero-order chi connectivity index (χ0) is 6.97. The van der Waals surface area contributed by atoms with Crippen LogP contribution in [0.5, 0.6) is 0 Å². The molecule has 2 bridgehead atoms. The molecule has 0 heterocycles. The minimum absolute atomic E-state index is 0.442. The van der Waals surface area contributed by atoms with Crippen molar-refractivity contribution < 1.29 is 5.11 Å². The lowest BCUT2D eigenvalue weighted by atomic mass is 9.80. The van der Waals surface area contributed by atoms with Crippen molar-refractivity contribution in [1.29, 1.82) is 0 Å². The predicted molar refractivity (Wildman–Crippen MR) is 40.6 cm³/mol. The van der Waals surface area contributed by atoms with E-state index in [1.807, 2.05) is 0 Å². The van der Waals surface area contributed by atoms with E-state index >= 15 is 0 Å². The van der Waals surface area contributed by atoms with Gasteiger partial charge in [-0.2, -0.15) is 0 Å². The maximum absolute atomic E-state index is 9.01. The Bertz CT molecular complexity index is 122. The van der Waals surface area contributed by atoms with Gasteiger partial charge < -0.3 is 5.11 Å². The summed E-state index contributed by atoms with van der Waals surface area (Å²) >= 11 is 0. The number of hydrogen-bond donors (Lipinski definition) is 1. The average molecular weight is 140 g/mol. The zero-order valence-corrected chi connectivity index (χ0v) is 6.42. The van der Waals surface area contributed by atoms with Gasteiger partial charge in [0.15, 0.2) is 0 Å². The molecule has 0 aromatic rings. The van der Waals surface area contributed by atoms with E-state index < -0.39 is 0 Å². The maximum atomic E-state index is 9.01. The lowest BCUT2D eigenvalue weighted by Crippen LogP contribution is -2.20. The molecular weight excluding hydrogens is 124 g/mol. The molecule has 0 radical (unpaired) electrons. The molecule has 10 heavy (non-hydrogen) atoms. The van der Waals surface area contributed by atoms with Crippen molar-refractivity contribution in [1.82, 2.24) is 0 Å². The number of fused-ring (bicyclic) bond motifs is 2. The third kappa shape index (κ3) is 0.968. The highest BCUT2D eigenvalue weighted by Crippen LogP contribution is 2.44. The Kier molecular flexibility index (Phi) is 1.69. The fraction of sp³-hybridized carbons (Fsp3) is 1.00. The van der Waals surface area contributed by atoms with Gasteiger partial charge >= 0.3 is 0 Å². The van der Waals surface area contributed by atoms with Gasteiger partial charge in [0.2, 0.25) is 0 Å². The molecule has 0 amide bonds. The number of aliphatic hydroxyl groups is 1. The fourth-order valence-corrected chi connectivity index (χ4v) is 2.73. The Labute approximate surface area is 62.4 Å². The Hall–Kier alpha value is -0.0400.